The van der Waals surface area contributed by atoms with Gasteiger partial charge in [0.2, 0.25) is 0 Å². The molecular formula is C19H20N2O2SSi. The van der Waals surface area contributed by atoms with Gasteiger partial charge in [0.25, 0.3) is 0 Å². The van der Waals surface area contributed by atoms with Crippen molar-refractivity contribution in [3.8, 4) is 28.1 Å². The second-order valence-electron chi connectivity index (χ2n) is 6.53. The van der Waals surface area contributed by atoms with E-state index in [1.54, 1.807) is 19.9 Å². The van der Waals surface area contributed by atoms with E-state index in [2.05, 4.69) is 42.2 Å². The molecule has 2 aromatic rings. The maximum atomic E-state index is 11.9. The minimum absolute atomic E-state index is 0.328. The molecule has 0 spiro atoms. The van der Waals surface area contributed by atoms with Gasteiger partial charge in [0, 0.05) is 11.1 Å². The lowest BCUT2D eigenvalue weighted by molar-refractivity contribution is 0.0531. The minimum Gasteiger partial charge on any atom is -0.462 e. The van der Waals surface area contributed by atoms with Crippen LogP contribution in [0.25, 0.3) is 10.6 Å². The van der Waals surface area contributed by atoms with Crippen molar-refractivity contribution in [1.82, 2.24) is 4.98 Å². The summed E-state index contributed by atoms with van der Waals surface area (Å²) in [6.07, 6.45) is 0. The quantitative estimate of drug-likeness (QED) is 0.458. The second kappa shape index (κ2) is 7.65. The van der Waals surface area contributed by atoms with E-state index in [0.29, 0.717) is 27.7 Å². The first kappa shape index (κ1) is 18.9. The highest BCUT2D eigenvalue weighted by molar-refractivity contribution is 7.17. The zero-order valence-corrected chi connectivity index (χ0v) is 16.9. The number of nitrogens with zero attached hydrogens (tertiary/aromatic N) is 2. The third kappa shape index (κ3) is 4.79. The van der Waals surface area contributed by atoms with Crippen molar-refractivity contribution in [2.24, 2.45) is 0 Å². The van der Waals surface area contributed by atoms with E-state index in [-0.39, 0.29) is 5.97 Å². The second-order valence-corrected chi connectivity index (χ2v) is 12.3. The van der Waals surface area contributed by atoms with Gasteiger partial charge in [-0.15, -0.1) is 16.9 Å². The number of carbonyl (C=O) groups is 1. The van der Waals surface area contributed by atoms with Crippen LogP contribution in [0.1, 0.15) is 33.4 Å². The molecule has 1 heterocycles. The summed E-state index contributed by atoms with van der Waals surface area (Å²) >= 11 is 1.28. The summed E-state index contributed by atoms with van der Waals surface area (Å²) in [5.41, 5.74) is 5.97. The molecule has 128 valence electrons. The van der Waals surface area contributed by atoms with Gasteiger partial charge >= 0.3 is 5.97 Å². The van der Waals surface area contributed by atoms with Crippen LogP contribution < -0.4 is 0 Å². The van der Waals surface area contributed by atoms with Gasteiger partial charge in [0.15, 0.2) is 0 Å². The number of ether oxygens (including phenoxy) is 1. The summed E-state index contributed by atoms with van der Waals surface area (Å²) in [7, 11) is -1.51. The Hall–Kier alpha value is -2.41. The Morgan fingerprint density at radius 1 is 1.32 bits per heavy atom. The number of aromatic nitrogens is 1. The molecule has 0 saturated heterocycles. The Bertz CT molecular complexity index is 908. The Balaban J connectivity index is 2.42. The summed E-state index contributed by atoms with van der Waals surface area (Å²) < 4.78 is 5.05. The molecule has 2 rings (SSSR count). The number of esters is 1. The maximum Gasteiger partial charge on any atom is 0.350 e. The number of hydrogen-bond acceptors (Lipinski definition) is 5. The van der Waals surface area contributed by atoms with Crippen LogP contribution in [0, 0.1) is 29.7 Å². The third-order valence-corrected chi connectivity index (χ3v) is 5.28. The Labute approximate surface area is 153 Å². The van der Waals surface area contributed by atoms with Crippen molar-refractivity contribution in [2.75, 3.05) is 6.61 Å². The summed E-state index contributed by atoms with van der Waals surface area (Å²) in [6.45, 7) is 10.4. The fraction of sp³-hybridized carbons (Fsp3) is 0.316. The van der Waals surface area contributed by atoms with Gasteiger partial charge in [-0.05, 0) is 26.0 Å². The first-order chi connectivity index (χ1) is 11.7. The molecule has 1 aromatic heterocycles. The molecule has 25 heavy (non-hydrogen) atoms. The molecule has 1 aromatic carbocycles. The molecule has 0 bridgehead atoms. The summed E-state index contributed by atoms with van der Waals surface area (Å²) in [5, 5.41) is 10.1. The largest absolute Gasteiger partial charge is 0.462 e. The van der Waals surface area contributed by atoms with Gasteiger partial charge < -0.3 is 4.74 Å². The molecule has 0 amide bonds. The van der Waals surface area contributed by atoms with E-state index in [1.807, 2.05) is 12.1 Å². The van der Waals surface area contributed by atoms with Gasteiger partial charge in [-0.1, -0.05) is 31.6 Å². The van der Waals surface area contributed by atoms with Gasteiger partial charge in [-0.2, -0.15) is 5.26 Å². The van der Waals surface area contributed by atoms with Crippen LogP contribution in [0.4, 0.5) is 0 Å². The van der Waals surface area contributed by atoms with Gasteiger partial charge in [-0.25, -0.2) is 9.78 Å². The van der Waals surface area contributed by atoms with Gasteiger partial charge in [0.1, 0.15) is 24.0 Å². The van der Waals surface area contributed by atoms with Crippen LogP contribution in [-0.2, 0) is 4.74 Å². The summed E-state index contributed by atoms with van der Waals surface area (Å²) in [5.74, 6) is 2.77. The number of hydrogen-bond donors (Lipinski definition) is 0. The standard InChI is InChI=1S/C19H20N2O2SSi/c1-6-23-19(22)17-13(2)21-18(24-17)15-8-7-14(16(11-15)12-20)9-10-25(3,4)5/h7-8,11H,6H2,1-5H3. The molecule has 0 atom stereocenters. The average Bonchev–Trinajstić information content (AvgIpc) is 2.94. The number of nitriles is 1. The van der Waals surface area contributed by atoms with E-state index in [4.69, 9.17) is 4.74 Å². The van der Waals surface area contributed by atoms with Crippen molar-refractivity contribution in [3.05, 3.63) is 39.9 Å². The molecule has 0 fully saturated rings. The summed E-state index contributed by atoms with van der Waals surface area (Å²) in [4.78, 5) is 16.9. The van der Waals surface area contributed by atoms with Crippen LogP contribution in [-0.4, -0.2) is 25.6 Å². The van der Waals surface area contributed by atoms with Crippen LogP contribution in [0.15, 0.2) is 18.2 Å². The first-order valence-electron chi connectivity index (χ1n) is 7.97. The minimum atomic E-state index is -1.51. The Kier molecular flexibility index (Phi) is 5.79. The van der Waals surface area contributed by atoms with E-state index >= 15 is 0 Å². The first-order valence-corrected chi connectivity index (χ1v) is 12.3. The van der Waals surface area contributed by atoms with E-state index < -0.39 is 8.07 Å². The highest BCUT2D eigenvalue weighted by atomic mass is 32.1. The summed E-state index contributed by atoms with van der Waals surface area (Å²) in [6, 6.07) is 7.72. The molecular weight excluding hydrogens is 348 g/mol. The van der Waals surface area contributed by atoms with Crippen molar-refractivity contribution >= 4 is 25.4 Å². The van der Waals surface area contributed by atoms with E-state index in [9.17, 15) is 10.1 Å². The van der Waals surface area contributed by atoms with E-state index in [0.717, 1.165) is 11.1 Å². The number of rotatable bonds is 3. The number of carbonyl (C=O) groups excluding carboxylic acids is 1. The van der Waals surface area contributed by atoms with Crippen LogP contribution >= 0.6 is 11.3 Å². The van der Waals surface area contributed by atoms with E-state index in [1.165, 1.54) is 11.3 Å². The predicted molar refractivity (Wildman–Crippen MR) is 103 cm³/mol. The smallest absolute Gasteiger partial charge is 0.350 e. The lowest BCUT2D eigenvalue weighted by Crippen LogP contribution is -2.16. The van der Waals surface area contributed by atoms with Gasteiger partial charge in [0.05, 0.1) is 17.9 Å². The predicted octanol–water partition coefficient (Wildman–Crippen LogP) is 4.40. The number of thiazole rings is 1. The fourth-order valence-electron chi connectivity index (χ4n) is 2.04. The lowest BCUT2D eigenvalue weighted by atomic mass is 10.1. The fourth-order valence-corrected chi connectivity index (χ4v) is 3.51. The number of benzene rings is 1. The number of aryl methyl sites for hydroxylation is 1. The molecule has 0 N–H and O–H groups in total. The average molecular weight is 369 g/mol. The highest BCUT2D eigenvalue weighted by Gasteiger charge is 2.18. The Morgan fingerprint density at radius 3 is 2.64 bits per heavy atom. The lowest BCUT2D eigenvalue weighted by Gasteiger charge is -2.04. The normalized spacial score (nSPS) is 10.6. The molecule has 0 saturated carbocycles. The molecule has 0 unspecified atom stereocenters. The molecule has 0 radical (unpaired) electrons. The van der Waals surface area contributed by atoms with Crippen molar-refractivity contribution in [3.63, 3.8) is 0 Å². The molecule has 0 aliphatic rings. The zero-order chi connectivity index (χ0) is 18.6. The Morgan fingerprint density at radius 2 is 2.04 bits per heavy atom. The zero-order valence-electron chi connectivity index (χ0n) is 15.1. The third-order valence-electron chi connectivity index (χ3n) is 3.22. The van der Waals surface area contributed by atoms with Crippen LogP contribution in [0.2, 0.25) is 19.6 Å². The maximum absolute atomic E-state index is 11.9. The molecule has 0 aliphatic carbocycles. The molecule has 4 nitrogen and oxygen atoms in total. The van der Waals surface area contributed by atoms with Crippen molar-refractivity contribution in [1.29, 1.82) is 5.26 Å². The van der Waals surface area contributed by atoms with Gasteiger partial charge in [-0.3, -0.25) is 0 Å². The van der Waals surface area contributed by atoms with Crippen LogP contribution in [0.3, 0.4) is 0 Å². The highest BCUT2D eigenvalue weighted by Crippen LogP contribution is 2.29. The van der Waals surface area contributed by atoms with Crippen LogP contribution in [0.5, 0.6) is 0 Å². The molecule has 0 aliphatic heterocycles. The molecule has 6 heteroatoms. The monoisotopic (exact) mass is 368 g/mol. The van der Waals surface area contributed by atoms with Crippen molar-refractivity contribution < 1.29 is 9.53 Å². The van der Waals surface area contributed by atoms with Crippen molar-refractivity contribution in [2.45, 2.75) is 33.5 Å². The SMILES string of the molecule is CCOC(=O)c1sc(-c2ccc(C#C[Si](C)(C)C)c(C#N)c2)nc1C. The topological polar surface area (TPSA) is 63.0 Å².